The van der Waals surface area contributed by atoms with Gasteiger partial charge < -0.3 is 15.2 Å². The van der Waals surface area contributed by atoms with E-state index < -0.39 is 0 Å². The number of methoxy groups -OCH3 is 1. The Morgan fingerprint density at radius 2 is 1.75 bits per heavy atom. The molecule has 2 N–H and O–H groups in total. The molecule has 0 aliphatic carbocycles. The molecule has 2 aromatic carbocycles. The summed E-state index contributed by atoms with van der Waals surface area (Å²) >= 11 is 0. The van der Waals surface area contributed by atoms with Crippen molar-refractivity contribution in [2.75, 3.05) is 12.8 Å². The topological polar surface area (TPSA) is 70.3 Å². The second kappa shape index (κ2) is 6.82. The molecule has 5 nitrogen and oxygen atoms in total. The normalized spacial score (nSPS) is 14.9. The van der Waals surface area contributed by atoms with Crippen LogP contribution >= 0.6 is 0 Å². The van der Waals surface area contributed by atoms with E-state index in [1.54, 1.807) is 7.11 Å². The maximum atomic E-state index is 6.14. The molecule has 0 saturated carbocycles. The third kappa shape index (κ3) is 3.52. The molecule has 0 saturated heterocycles. The fourth-order valence-electron chi connectivity index (χ4n) is 3.53. The van der Waals surface area contributed by atoms with Crippen molar-refractivity contribution in [1.82, 2.24) is 9.97 Å². The van der Waals surface area contributed by atoms with Crippen molar-refractivity contribution in [3.05, 3.63) is 53.6 Å². The zero-order chi connectivity index (χ0) is 19.9. The molecule has 0 amide bonds. The predicted octanol–water partition coefficient (Wildman–Crippen LogP) is 4.81. The van der Waals surface area contributed by atoms with Crippen LogP contribution in [0.3, 0.4) is 0 Å². The number of anilines is 1. The van der Waals surface area contributed by atoms with Crippen molar-refractivity contribution >= 4 is 5.95 Å². The molecule has 144 valence electrons. The first-order chi connectivity index (χ1) is 13.3. The van der Waals surface area contributed by atoms with Gasteiger partial charge >= 0.3 is 0 Å². The molecule has 0 radical (unpaired) electrons. The van der Waals surface area contributed by atoms with Gasteiger partial charge in [0.1, 0.15) is 17.1 Å². The lowest BCUT2D eigenvalue weighted by molar-refractivity contribution is 0.0844. The molecule has 0 unspecified atom stereocenters. The van der Waals surface area contributed by atoms with E-state index in [2.05, 4.69) is 48.9 Å². The largest absolute Gasteiger partial charge is 0.496 e. The van der Waals surface area contributed by atoms with E-state index >= 15 is 0 Å². The van der Waals surface area contributed by atoms with Crippen molar-refractivity contribution in [2.24, 2.45) is 0 Å². The third-order valence-corrected chi connectivity index (χ3v) is 5.13. The summed E-state index contributed by atoms with van der Waals surface area (Å²) in [5, 5.41) is 0. The molecule has 1 aromatic heterocycles. The van der Waals surface area contributed by atoms with Gasteiger partial charge in [-0.2, -0.15) is 0 Å². The minimum absolute atomic E-state index is 0.169. The summed E-state index contributed by atoms with van der Waals surface area (Å²) in [7, 11) is 1.66. The summed E-state index contributed by atoms with van der Waals surface area (Å²) in [4.78, 5) is 8.90. The van der Waals surface area contributed by atoms with E-state index in [-0.39, 0.29) is 11.5 Å². The van der Waals surface area contributed by atoms with Crippen LogP contribution in [0.5, 0.6) is 11.5 Å². The van der Waals surface area contributed by atoms with E-state index in [1.807, 2.05) is 24.3 Å². The Bertz CT molecular complexity index is 1030. The maximum absolute atomic E-state index is 6.14. The summed E-state index contributed by atoms with van der Waals surface area (Å²) in [6.45, 7) is 6.27. The molecular formula is C23H25N3O2. The number of hydrogen-bond acceptors (Lipinski definition) is 5. The number of fused-ring (bicyclic) bond motifs is 1. The standard InChI is InChI=1S/C23H25N3O2/c1-14-5-7-15(8-6-14)18-12-19(26-22(24)25-18)17-11-16-9-10-23(2,3)28-20(16)13-21(17)27-4/h5-8,11-13H,9-10H2,1-4H3,(H2,24,25,26). The van der Waals surface area contributed by atoms with Crippen LogP contribution < -0.4 is 15.2 Å². The minimum atomic E-state index is -0.169. The van der Waals surface area contributed by atoms with Crippen molar-refractivity contribution in [3.8, 4) is 34.0 Å². The van der Waals surface area contributed by atoms with Crippen LogP contribution in [0.4, 0.5) is 5.95 Å². The smallest absolute Gasteiger partial charge is 0.221 e. The Morgan fingerprint density at radius 3 is 2.46 bits per heavy atom. The summed E-state index contributed by atoms with van der Waals surface area (Å²) in [5.74, 6) is 1.83. The average molecular weight is 375 g/mol. The van der Waals surface area contributed by atoms with Crippen LogP contribution in [0.2, 0.25) is 0 Å². The number of hydrogen-bond donors (Lipinski definition) is 1. The van der Waals surface area contributed by atoms with E-state index in [0.717, 1.165) is 46.7 Å². The first kappa shape index (κ1) is 18.3. The Morgan fingerprint density at radius 1 is 1.04 bits per heavy atom. The lowest BCUT2D eigenvalue weighted by Gasteiger charge is -2.33. The van der Waals surface area contributed by atoms with Crippen molar-refractivity contribution < 1.29 is 9.47 Å². The molecule has 0 fully saturated rings. The Kier molecular flexibility index (Phi) is 4.46. The molecule has 0 atom stereocenters. The highest BCUT2D eigenvalue weighted by Crippen LogP contribution is 2.41. The number of ether oxygens (including phenoxy) is 2. The zero-order valence-electron chi connectivity index (χ0n) is 16.7. The summed E-state index contributed by atoms with van der Waals surface area (Å²) in [6, 6.07) is 14.2. The van der Waals surface area contributed by atoms with Crippen LogP contribution in [0.15, 0.2) is 42.5 Å². The van der Waals surface area contributed by atoms with E-state index in [4.69, 9.17) is 15.2 Å². The van der Waals surface area contributed by atoms with Gasteiger partial charge in [0.25, 0.3) is 0 Å². The van der Waals surface area contributed by atoms with Gasteiger partial charge in [-0.1, -0.05) is 29.8 Å². The van der Waals surface area contributed by atoms with Gasteiger partial charge in [0.05, 0.1) is 18.5 Å². The van der Waals surface area contributed by atoms with E-state index in [9.17, 15) is 0 Å². The SMILES string of the molecule is COc1cc2c(cc1-c1cc(-c3ccc(C)cc3)nc(N)n1)CCC(C)(C)O2. The third-order valence-electron chi connectivity index (χ3n) is 5.13. The molecular weight excluding hydrogens is 350 g/mol. The lowest BCUT2D eigenvalue weighted by atomic mass is 9.92. The monoisotopic (exact) mass is 375 g/mol. The maximum Gasteiger partial charge on any atom is 0.221 e. The average Bonchev–Trinajstić information content (AvgIpc) is 2.66. The molecule has 5 heteroatoms. The lowest BCUT2D eigenvalue weighted by Crippen LogP contribution is -2.32. The molecule has 1 aliphatic heterocycles. The number of nitrogens with zero attached hydrogens (tertiary/aromatic N) is 2. The predicted molar refractivity (Wildman–Crippen MR) is 112 cm³/mol. The van der Waals surface area contributed by atoms with Gasteiger partial charge in [-0.3, -0.25) is 0 Å². The van der Waals surface area contributed by atoms with Gasteiger partial charge in [0.2, 0.25) is 5.95 Å². The van der Waals surface area contributed by atoms with E-state index in [1.165, 1.54) is 5.56 Å². The Hall–Kier alpha value is -3.08. The number of benzene rings is 2. The molecule has 0 bridgehead atoms. The number of aromatic nitrogens is 2. The Labute approximate surface area is 165 Å². The molecule has 3 aromatic rings. The summed E-state index contributed by atoms with van der Waals surface area (Å²) in [5.41, 5.74) is 11.7. The second-order valence-electron chi connectivity index (χ2n) is 7.88. The number of rotatable bonds is 3. The van der Waals surface area contributed by atoms with Gasteiger partial charge in [0.15, 0.2) is 0 Å². The van der Waals surface area contributed by atoms with Gasteiger partial charge in [-0.25, -0.2) is 9.97 Å². The van der Waals surface area contributed by atoms with Gasteiger partial charge in [-0.15, -0.1) is 0 Å². The van der Waals surface area contributed by atoms with Crippen LogP contribution in [0.25, 0.3) is 22.5 Å². The highest BCUT2D eigenvalue weighted by Gasteiger charge is 2.28. The fraction of sp³-hybridized carbons (Fsp3) is 0.304. The summed E-state index contributed by atoms with van der Waals surface area (Å²) < 4.78 is 11.8. The van der Waals surface area contributed by atoms with Crippen molar-refractivity contribution in [1.29, 1.82) is 0 Å². The fourth-order valence-corrected chi connectivity index (χ4v) is 3.53. The highest BCUT2D eigenvalue weighted by molar-refractivity contribution is 5.75. The first-order valence-electron chi connectivity index (χ1n) is 9.46. The van der Waals surface area contributed by atoms with Crippen molar-refractivity contribution in [2.45, 2.75) is 39.2 Å². The molecule has 28 heavy (non-hydrogen) atoms. The molecule has 0 spiro atoms. The van der Waals surface area contributed by atoms with Crippen LogP contribution in [0, 0.1) is 6.92 Å². The minimum Gasteiger partial charge on any atom is -0.496 e. The molecule has 1 aliphatic rings. The first-order valence-corrected chi connectivity index (χ1v) is 9.46. The highest BCUT2D eigenvalue weighted by atomic mass is 16.5. The number of nitrogen functional groups attached to an aromatic ring is 1. The van der Waals surface area contributed by atoms with E-state index in [0.29, 0.717) is 5.75 Å². The number of aryl methyl sites for hydroxylation is 2. The van der Waals surface area contributed by atoms with Crippen molar-refractivity contribution in [3.63, 3.8) is 0 Å². The van der Waals surface area contributed by atoms with Crippen LogP contribution in [0.1, 0.15) is 31.4 Å². The van der Waals surface area contributed by atoms with Crippen LogP contribution in [-0.4, -0.2) is 22.7 Å². The zero-order valence-corrected chi connectivity index (χ0v) is 16.7. The Balaban J connectivity index is 1.82. The molecule has 4 rings (SSSR count). The second-order valence-corrected chi connectivity index (χ2v) is 7.88. The quantitative estimate of drug-likeness (QED) is 0.711. The van der Waals surface area contributed by atoms with Gasteiger partial charge in [-0.05, 0) is 51.3 Å². The number of nitrogens with two attached hydrogens (primary N) is 1. The van der Waals surface area contributed by atoms with Crippen LogP contribution in [-0.2, 0) is 6.42 Å². The van der Waals surface area contributed by atoms with Gasteiger partial charge in [0, 0.05) is 17.2 Å². The summed E-state index contributed by atoms with van der Waals surface area (Å²) in [6.07, 6.45) is 1.91. The molecule has 2 heterocycles.